The zero-order chi connectivity index (χ0) is 14.9. The Morgan fingerprint density at radius 2 is 2.09 bits per heavy atom. The van der Waals surface area contributed by atoms with Gasteiger partial charge in [-0.1, -0.05) is 12.1 Å². The van der Waals surface area contributed by atoms with Crippen molar-refractivity contribution < 1.29 is 4.74 Å². The van der Waals surface area contributed by atoms with E-state index in [4.69, 9.17) is 4.74 Å². The summed E-state index contributed by atoms with van der Waals surface area (Å²) in [7, 11) is 0. The molecule has 1 saturated heterocycles. The summed E-state index contributed by atoms with van der Waals surface area (Å²) in [6, 6.07) is 10.3. The van der Waals surface area contributed by atoms with Gasteiger partial charge in [0.2, 0.25) is 0 Å². The number of fused-ring (bicyclic) bond motifs is 1. The summed E-state index contributed by atoms with van der Waals surface area (Å²) < 4.78 is 6.12. The smallest absolute Gasteiger partial charge is 0.140 e. The molecule has 3 aromatic rings. The maximum atomic E-state index is 6.12. The van der Waals surface area contributed by atoms with Gasteiger partial charge in [0.15, 0.2) is 0 Å². The largest absolute Gasteiger partial charge is 0.367 e. The van der Waals surface area contributed by atoms with Gasteiger partial charge in [0, 0.05) is 18.5 Å². The molecule has 2 aromatic heterocycles. The third-order valence-electron chi connectivity index (χ3n) is 4.00. The quantitative estimate of drug-likeness (QED) is 0.724. The number of nitrogens with zero attached hydrogens (tertiary/aromatic N) is 3. The Morgan fingerprint density at radius 3 is 2.95 bits per heavy atom. The van der Waals surface area contributed by atoms with Crippen molar-refractivity contribution in [1.82, 2.24) is 9.97 Å². The number of ether oxygens (including phenoxy) is 1. The van der Waals surface area contributed by atoms with Gasteiger partial charge in [0.1, 0.15) is 18.2 Å². The van der Waals surface area contributed by atoms with Crippen LogP contribution in [-0.2, 0) is 4.74 Å². The van der Waals surface area contributed by atoms with E-state index in [1.165, 1.54) is 5.56 Å². The van der Waals surface area contributed by atoms with Gasteiger partial charge >= 0.3 is 0 Å². The number of hydrogen-bond acceptors (Lipinski definition) is 5. The van der Waals surface area contributed by atoms with Crippen LogP contribution in [0.25, 0.3) is 10.9 Å². The molecule has 0 amide bonds. The average Bonchev–Trinajstić information content (AvgIpc) is 3.08. The maximum absolute atomic E-state index is 6.12. The number of para-hydroxylation sites is 1. The second kappa shape index (κ2) is 5.66. The molecule has 112 valence electrons. The van der Waals surface area contributed by atoms with Gasteiger partial charge in [0.25, 0.3) is 0 Å². The summed E-state index contributed by atoms with van der Waals surface area (Å²) in [6.45, 7) is 3.79. The van der Waals surface area contributed by atoms with E-state index in [1.54, 1.807) is 17.7 Å². The molecule has 3 heterocycles. The van der Waals surface area contributed by atoms with Crippen molar-refractivity contribution in [2.75, 3.05) is 18.0 Å². The number of rotatable bonds is 2. The van der Waals surface area contributed by atoms with Crippen LogP contribution in [0.3, 0.4) is 0 Å². The lowest BCUT2D eigenvalue weighted by Gasteiger charge is -2.37. The molecule has 0 saturated carbocycles. The first-order chi connectivity index (χ1) is 10.8. The van der Waals surface area contributed by atoms with E-state index >= 15 is 0 Å². The highest BCUT2D eigenvalue weighted by Gasteiger charge is 2.28. The zero-order valence-electron chi connectivity index (χ0n) is 12.3. The third-order valence-corrected chi connectivity index (χ3v) is 4.70. The second-order valence-electron chi connectivity index (χ2n) is 5.61. The predicted molar refractivity (Wildman–Crippen MR) is 89.4 cm³/mol. The normalized spacial score (nSPS) is 22.1. The van der Waals surface area contributed by atoms with Crippen molar-refractivity contribution in [3.8, 4) is 0 Å². The summed E-state index contributed by atoms with van der Waals surface area (Å²) in [5.41, 5.74) is 2.23. The fraction of sp³-hybridized carbons (Fsp3) is 0.294. The molecule has 0 N–H and O–H groups in total. The third kappa shape index (κ3) is 2.46. The minimum Gasteiger partial charge on any atom is -0.367 e. The van der Waals surface area contributed by atoms with Crippen LogP contribution >= 0.6 is 11.3 Å². The molecule has 2 unspecified atom stereocenters. The minimum absolute atomic E-state index is 0.101. The van der Waals surface area contributed by atoms with Crippen molar-refractivity contribution in [1.29, 1.82) is 0 Å². The fourth-order valence-corrected chi connectivity index (χ4v) is 3.71. The molecular formula is C17H17N3OS. The highest BCUT2D eigenvalue weighted by atomic mass is 32.1. The van der Waals surface area contributed by atoms with E-state index in [1.807, 2.05) is 18.2 Å². The van der Waals surface area contributed by atoms with E-state index in [0.717, 1.165) is 29.8 Å². The zero-order valence-corrected chi connectivity index (χ0v) is 13.2. The van der Waals surface area contributed by atoms with Crippen LogP contribution in [0.5, 0.6) is 0 Å². The van der Waals surface area contributed by atoms with Gasteiger partial charge in [-0.15, -0.1) is 0 Å². The first kappa shape index (κ1) is 13.7. The monoisotopic (exact) mass is 311 g/mol. The summed E-state index contributed by atoms with van der Waals surface area (Å²) >= 11 is 1.71. The van der Waals surface area contributed by atoms with E-state index in [2.05, 4.69) is 44.7 Å². The number of thiophene rings is 1. The van der Waals surface area contributed by atoms with Crippen molar-refractivity contribution in [2.24, 2.45) is 0 Å². The Hall–Kier alpha value is -1.98. The minimum atomic E-state index is 0.101. The van der Waals surface area contributed by atoms with Gasteiger partial charge in [-0.3, -0.25) is 0 Å². The number of aromatic nitrogens is 2. The molecule has 1 fully saturated rings. The molecule has 5 heteroatoms. The van der Waals surface area contributed by atoms with Crippen LogP contribution < -0.4 is 4.90 Å². The lowest BCUT2D eigenvalue weighted by molar-refractivity contribution is -0.0173. The van der Waals surface area contributed by atoms with Gasteiger partial charge in [0.05, 0.1) is 11.6 Å². The Morgan fingerprint density at radius 1 is 1.18 bits per heavy atom. The summed E-state index contributed by atoms with van der Waals surface area (Å²) in [4.78, 5) is 11.2. The molecule has 0 aliphatic carbocycles. The van der Waals surface area contributed by atoms with Gasteiger partial charge in [-0.2, -0.15) is 11.3 Å². The van der Waals surface area contributed by atoms with E-state index < -0.39 is 0 Å². The Labute approximate surface area is 133 Å². The maximum Gasteiger partial charge on any atom is 0.140 e. The first-order valence-electron chi connectivity index (χ1n) is 7.43. The number of morpholine rings is 1. The highest BCUT2D eigenvalue weighted by molar-refractivity contribution is 7.07. The molecule has 0 radical (unpaired) electrons. The number of benzene rings is 1. The van der Waals surface area contributed by atoms with Crippen molar-refractivity contribution >= 4 is 28.1 Å². The second-order valence-corrected chi connectivity index (χ2v) is 6.39. The lowest BCUT2D eigenvalue weighted by atomic mass is 10.1. The molecule has 1 aliphatic rings. The molecule has 0 spiro atoms. The Kier molecular flexibility index (Phi) is 3.52. The highest BCUT2D eigenvalue weighted by Crippen LogP contribution is 2.31. The van der Waals surface area contributed by atoms with Crippen molar-refractivity contribution in [2.45, 2.75) is 19.1 Å². The van der Waals surface area contributed by atoms with E-state index in [-0.39, 0.29) is 12.2 Å². The molecular weight excluding hydrogens is 294 g/mol. The van der Waals surface area contributed by atoms with Crippen LogP contribution in [0.4, 0.5) is 5.82 Å². The lowest BCUT2D eigenvalue weighted by Crippen LogP contribution is -2.43. The van der Waals surface area contributed by atoms with Crippen molar-refractivity contribution in [3.63, 3.8) is 0 Å². The van der Waals surface area contributed by atoms with Crippen LogP contribution in [0, 0.1) is 0 Å². The molecule has 22 heavy (non-hydrogen) atoms. The van der Waals surface area contributed by atoms with E-state index in [0.29, 0.717) is 0 Å². The fourth-order valence-electron chi connectivity index (χ4n) is 3.01. The topological polar surface area (TPSA) is 38.2 Å². The standard InChI is InChI=1S/C17H17N3OS/c1-12-8-20(9-16(21-12)13-6-7-22-10-13)17-14-4-2-3-5-15(14)18-11-19-17/h2-7,10-12,16H,8-9H2,1H3. The van der Waals surface area contributed by atoms with E-state index in [9.17, 15) is 0 Å². The molecule has 4 rings (SSSR count). The van der Waals surface area contributed by atoms with Crippen LogP contribution in [0.1, 0.15) is 18.6 Å². The summed E-state index contributed by atoms with van der Waals surface area (Å²) in [5, 5.41) is 5.37. The van der Waals surface area contributed by atoms with Gasteiger partial charge in [-0.05, 0) is 41.4 Å². The Balaban J connectivity index is 1.71. The average molecular weight is 311 g/mol. The SMILES string of the molecule is CC1CN(c2ncnc3ccccc23)CC(c2ccsc2)O1. The summed E-state index contributed by atoms with van der Waals surface area (Å²) in [6.07, 6.45) is 1.92. The first-order valence-corrected chi connectivity index (χ1v) is 8.38. The molecule has 4 nitrogen and oxygen atoms in total. The molecule has 1 aliphatic heterocycles. The number of hydrogen-bond donors (Lipinski definition) is 0. The van der Waals surface area contributed by atoms with Gasteiger partial charge < -0.3 is 9.64 Å². The van der Waals surface area contributed by atoms with Crippen LogP contribution in [0.15, 0.2) is 47.4 Å². The predicted octanol–water partition coefficient (Wildman–Crippen LogP) is 3.66. The molecule has 1 aromatic carbocycles. The Bertz CT molecular complexity index is 769. The molecule has 2 atom stereocenters. The van der Waals surface area contributed by atoms with Gasteiger partial charge in [-0.25, -0.2) is 9.97 Å². The van der Waals surface area contributed by atoms with Crippen LogP contribution in [0.2, 0.25) is 0 Å². The van der Waals surface area contributed by atoms with Crippen LogP contribution in [-0.4, -0.2) is 29.2 Å². The van der Waals surface area contributed by atoms with Crippen molar-refractivity contribution in [3.05, 3.63) is 53.0 Å². The summed E-state index contributed by atoms with van der Waals surface area (Å²) in [5.74, 6) is 1.00. The number of anilines is 1. The molecule has 0 bridgehead atoms.